The molecule has 338 valence electrons. The Morgan fingerprint density at radius 2 is 1.72 bits per heavy atom. The Labute approximate surface area is 377 Å². The molecule has 0 amide bonds. The number of phenolic OH excluding ortho intramolecular Hbond substituents is 1. The average molecular weight is 868 g/mol. The maximum absolute atomic E-state index is 14.5. The van der Waals surface area contributed by atoms with Crippen molar-refractivity contribution in [1.82, 2.24) is 10.3 Å². The summed E-state index contributed by atoms with van der Waals surface area (Å²) in [6.07, 6.45) is 10.2. The Morgan fingerprint density at radius 1 is 0.922 bits per heavy atom. The Hall–Kier alpha value is -4.79. The molecule has 10 unspecified atom stereocenters. The van der Waals surface area contributed by atoms with E-state index in [1.807, 2.05) is 30.3 Å². The summed E-state index contributed by atoms with van der Waals surface area (Å²) in [6, 6.07) is 21.7. The minimum absolute atomic E-state index is 0.0345. The van der Waals surface area contributed by atoms with Gasteiger partial charge in [0.15, 0.2) is 17.3 Å². The number of nitrogens with two attached hydrogens (primary N) is 1. The number of fused-ring (bicyclic) bond motifs is 3. The number of methoxy groups -OCH3 is 1. The van der Waals surface area contributed by atoms with Gasteiger partial charge in [0.05, 0.1) is 25.4 Å². The standard InChI is InChI=1S/C54H65N3O7/c1-64-49-26-37-11-13-50(62)54(19-14-33(22-51(54)63)31-53(17-4-5-18-53)41-24-40-10-12-42(58)28-45(40)57-32-41)20-15-38(44(37)30-48(49)61)25-46(59)47(60)29-43(39-16-21-56-52(55)27-39)36-9-8-34-6-2-3-7-35(34)23-36/h2-3,6-9,16,21,23,26-27,30,33,38,40-41,43,45-47,51,57,59-61,63H,4-5,10-14,17-19,22,24-25,28-29,31-32H2,1H3,(H2,55,56). The summed E-state index contributed by atoms with van der Waals surface area (Å²) in [6.45, 7) is 0.947. The molecule has 1 spiro atoms. The number of nitrogens with zero attached hydrogens (tertiary/aromatic N) is 1. The SMILES string of the molecule is COc1cc2c(cc1O)C(CC(O)C(O)CC(c1ccnc(N)c1)c1ccc3ccccc3c1)C#CC1(CCC(CC3(C4CNC5CC(=O)CCC5C4)CCCC3)CC1O)C(=O)CC2. The molecule has 10 nitrogen and oxygen atoms in total. The fourth-order valence-electron chi connectivity index (χ4n) is 12.8. The van der Waals surface area contributed by atoms with Gasteiger partial charge in [-0.2, -0.15) is 0 Å². The van der Waals surface area contributed by atoms with E-state index in [4.69, 9.17) is 10.5 Å². The Bertz CT molecular complexity index is 2420. The highest BCUT2D eigenvalue weighted by molar-refractivity contribution is 5.89. The molecule has 4 aliphatic carbocycles. The lowest BCUT2D eigenvalue weighted by molar-refractivity contribution is -0.135. The third kappa shape index (κ3) is 8.94. The number of anilines is 1. The van der Waals surface area contributed by atoms with Gasteiger partial charge in [0, 0.05) is 43.3 Å². The van der Waals surface area contributed by atoms with Crippen molar-refractivity contribution in [1.29, 1.82) is 0 Å². The summed E-state index contributed by atoms with van der Waals surface area (Å²) in [5.74, 6) is 8.04. The van der Waals surface area contributed by atoms with Gasteiger partial charge in [-0.3, -0.25) is 9.59 Å². The highest BCUT2D eigenvalue weighted by Crippen LogP contribution is 2.55. The summed E-state index contributed by atoms with van der Waals surface area (Å²) in [7, 11) is 1.49. The van der Waals surface area contributed by atoms with Gasteiger partial charge in [-0.1, -0.05) is 67.1 Å². The van der Waals surface area contributed by atoms with Gasteiger partial charge in [-0.15, -0.1) is 0 Å². The zero-order valence-corrected chi connectivity index (χ0v) is 37.2. The number of nitrogen functional groups attached to an aromatic ring is 1. The van der Waals surface area contributed by atoms with Crippen LogP contribution in [0.2, 0.25) is 0 Å². The molecule has 10 heteroatoms. The number of aryl methyl sites for hydroxylation is 1. The molecule has 4 aromatic rings. The fraction of sp³-hybridized carbons (Fsp3) is 0.537. The predicted molar refractivity (Wildman–Crippen MR) is 248 cm³/mol. The summed E-state index contributed by atoms with van der Waals surface area (Å²) in [5.41, 5.74) is 8.39. The number of nitrogens with one attached hydrogen (secondary N) is 1. The van der Waals surface area contributed by atoms with E-state index >= 15 is 0 Å². The van der Waals surface area contributed by atoms with E-state index in [1.54, 1.807) is 18.3 Å². The van der Waals surface area contributed by atoms with Crippen LogP contribution in [0.25, 0.3) is 10.8 Å². The molecule has 9 rings (SSSR count). The number of Topliss-reactive ketones (excluding diaryl/α,β-unsaturated/α-hetero) is 2. The number of aliphatic hydroxyl groups is 3. The number of ketones is 2. The molecule has 3 aromatic carbocycles. The Balaban J connectivity index is 0.968. The maximum atomic E-state index is 14.5. The van der Waals surface area contributed by atoms with Crippen molar-refractivity contribution in [2.24, 2.45) is 28.6 Å². The minimum Gasteiger partial charge on any atom is -0.504 e. The number of hydrogen-bond acceptors (Lipinski definition) is 10. The monoisotopic (exact) mass is 867 g/mol. The smallest absolute Gasteiger partial charge is 0.160 e. The van der Waals surface area contributed by atoms with E-state index in [0.717, 1.165) is 53.3 Å². The first-order chi connectivity index (χ1) is 30.9. The molecule has 7 N–H and O–H groups in total. The largest absolute Gasteiger partial charge is 0.504 e. The van der Waals surface area contributed by atoms with Gasteiger partial charge in [0.25, 0.3) is 0 Å². The average Bonchev–Trinajstić information content (AvgIpc) is 3.79. The minimum atomic E-state index is -1.26. The van der Waals surface area contributed by atoms with Crippen LogP contribution in [0.5, 0.6) is 11.5 Å². The molecular formula is C54H65N3O7. The topological polar surface area (TPSA) is 175 Å². The number of hydrogen-bond donors (Lipinski definition) is 6. The number of piperidine rings is 1. The third-order valence-corrected chi connectivity index (χ3v) is 16.4. The summed E-state index contributed by atoms with van der Waals surface area (Å²) >= 11 is 0. The summed E-state index contributed by atoms with van der Waals surface area (Å²) < 4.78 is 5.50. The molecule has 5 aliphatic rings. The van der Waals surface area contributed by atoms with Crippen LogP contribution in [0.1, 0.15) is 130 Å². The fourth-order valence-corrected chi connectivity index (χ4v) is 12.8. The first kappa shape index (κ1) is 44.4. The Kier molecular flexibility index (Phi) is 12.9. The van der Waals surface area contributed by atoms with Gasteiger partial charge >= 0.3 is 0 Å². The first-order valence-electron chi connectivity index (χ1n) is 23.9. The number of pyridine rings is 1. The number of phenols is 1. The highest BCUT2D eigenvalue weighted by Gasteiger charge is 2.51. The zero-order valence-electron chi connectivity index (χ0n) is 37.2. The molecule has 2 heterocycles. The summed E-state index contributed by atoms with van der Waals surface area (Å²) in [5, 5.41) is 53.2. The third-order valence-electron chi connectivity index (χ3n) is 16.4. The van der Waals surface area contributed by atoms with Crippen molar-refractivity contribution in [3.05, 3.63) is 95.2 Å². The molecule has 1 aliphatic heterocycles. The van der Waals surface area contributed by atoms with Crippen LogP contribution in [0.3, 0.4) is 0 Å². The highest BCUT2D eigenvalue weighted by atomic mass is 16.5. The van der Waals surface area contributed by atoms with Gasteiger partial charge in [-0.05, 0) is 158 Å². The van der Waals surface area contributed by atoms with Crippen LogP contribution in [-0.2, 0) is 16.0 Å². The van der Waals surface area contributed by atoms with Gasteiger partial charge < -0.3 is 36.2 Å². The molecular weight excluding hydrogens is 803 g/mol. The van der Waals surface area contributed by atoms with Crippen LogP contribution in [-0.4, -0.2) is 75.0 Å². The van der Waals surface area contributed by atoms with E-state index in [2.05, 4.69) is 46.4 Å². The van der Waals surface area contributed by atoms with E-state index in [0.29, 0.717) is 67.1 Å². The van der Waals surface area contributed by atoms with Crippen molar-refractivity contribution >= 4 is 28.2 Å². The van der Waals surface area contributed by atoms with E-state index in [-0.39, 0.29) is 53.8 Å². The van der Waals surface area contributed by atoms with E-state index in [1.165, 1.54) is 39.2 Å². The van der Waals surface area contributed by atoms with Crippen LogP contribution >= 0.6 is 0 Å². The van der Waals surface area contributed by atoms with Crippen molar-refractivity contribution < 1.29 is 34.8 Å². The van der Waals surface area contributed by atoms with E-state index in [9.17, 15) is 30.0 Å². The molecule has 3 saturated carbocycles. The molecule has 0 bridgehead atoms. The van der Waals surface area contributed by atoms with Gasteiger partial charge in [0.1, 0.15) is 17.0 Å². The number of aliphatic hydroxyl groups excluding tert-OH is 3. The van der Waals surface area contributed by atoms with Crippen LogP contribution < -0.4 is 15.8 Å². The number of carbonyl (C=O) groups excluding carboxylic acids is 2. The van der Waals surface area contributed by atoms with Gasteiger partial charge in [-0.25, -0.2) is 4.98 Å². The lowest BCUT2D eigenvalue weighted by Crippen LogP contribution is -2.53. The number of carbonyl (C=O) groups is 2. The molecule has 1 aromatic heterocycles. The lowest BCUT2D eigenvalue weighted by Gasteiger charge is -2.49. The molecule has 0 radical (unpaired) electrons. The quantitative estimate of drug-likeness (QED) is 0.0813. The number of benzene rings is 3. The second kappa shape index (κ2) is 18.6. The second-order valence-electron chi connectivity index (χ2n) is 20.1. The van der Waals surface area contributed by atoms with Crippen molar-refractivity contribution in [2.75, 3.05) is 19.4 Å². The van der Waals surface area contributed by atoms with Crippen LogP contribution in [0.15, 0.2) is 72.9 Å². The normalized spacial score (nSPS) is 29.3. The second-order valence-corrected chi connectivity index (χ2v) is 20.1. The number of rotatable bonds is 11. The van der Waals surface area contributed by atoms with Crippen molar-refractivity contribution in [3.63, 3.8) is 0 Å². The van der Waals surface area contributed by atoms with E-state index < -0.39 is 29.6 Å². The molecule has 4 fully saturated rings. The van der Waals surface area contributed by atoms with Crippen molar-refractivity contribution in [3.8, 4) is 23.3 Å². The predicted octanol–water partition coefficient (Wildman–Crippen LogP) is 7.91. The summed E-state index contributed by atoms with van der Waals surface area (Å²) in [4.78, 5) is 31.0. The van der Waals surface area contributed by atoms with Crippen LogP contribution in [0.4, 0.5) is 5.82 Å². The molecule has 1 saturated heterocycles. The van der Waals surface area contributed by atoms with Crippen molar-refractivity contribution in [2.45, 2.75) is 139 Å². The van der Waals surface area contributed by atoms with Crippen LogP contribution in [0, 0.1) is 40.4 Å². The molecule has 64 heavy (non-hydrogen) atoms. The zero-order chi connectivity index (χ0) is 44.6. The number of ether oxygens (including phenoxy) is 1. The van der Waals surface area contributed by atoms with Gasteiger partial charge in [0.2, 0.25) is 0 Å². The maximum Gasteiger partial charge on any atom is 0.160 e. The lowest BCUT2D eigenvalue weighted by atomic mass is 9.58. The Morgan fingerprint density at radius 3 is 2.50 bits per heavy atom. The molecule has 10 atom stereocenters. The number of aromatic hydroxyl groups is 1. The number of aromatic nitrogens is 1. The first-order valence-corrected chi connectivity index (χ1v) is 23.9.